The van der Waals surface area contributed by atoms with Crippen LogP contribution in [0, 0.1) is 5.92 Å². The van der Waals surface area contributed by atoms with Crippen LogP contribution in [0.25, 0.3) is 16.5 Å². The molecule has 2 fully saturated rings. The second-order valence-corrected chi connectivity index (χ2v) is 10.6. The number of aromatic nitrogens is 1. The first kappa shape index (κ1) is 25.0. The largest absolute Gasteiger partial charge is 0.354 e. The van der Waals surface area contributed by atoms with E-state index >= 15 is 0 Å². The third-order valence-electron chi connectivity index (χ3n) is 7.45. The van der Waals surface area contributed by atoms with E-state index in [4.69, 9.17) is 0 Å². The van der Waals surface area contributed by atoms with Gasteiger partial charge >= 0.3 is 0 Å². The highest BCUT2D eigenvalue weighted by molar-refractivity contribution is 5.92. The zero-order valence-corrected chi connectivity index (χ0v) is 21.9. The summed E-state index contributed by atoms with van der Waals surface area (Å²) in [6, 6.07) is 6.83. The number of hydrogen-bond donors (Lipinski definition) is 1. The lowest BCUT2D eigenvalue weighted by molar-refractivity contribution is -0.136. The maximum atomic E-state index is 13.0. The number of nitrogens with zero attached hydrogens (tertiary/aromatic N) is 2. The highest BCUT2D eigenvalue weighted by Crippen LogP contribution is 2.37. The van der Waals surface area contributed by atoms with Gasteiger partial charge in [-0.3, -0.25) is 9.59 Å². The van der Waals surface area contributed by atoms with E-state index in [1.165, 1.54) is 22.2 Å². The fourth-order valence-electron chi connectivity index (χ4n) is 5.68. The van der Waals surface area contributed by atoms with Gasteiger partial charge in [0.2, 0.25) is 11.8 Å². The highest BCUT2D eigenvalue weighted by atomic mass is 16.2. The average molecular weight is 474 g/mol. The first-order valence-electron chi connectivity index (χ1n) is 12.9. The zero-order chi connectivity index (χ0) is 25.3. The summed E-state index contributed by atoms with van der Waals surface area (Å²) in [5, 5.41) is 1.29. The van der Waals surface area contributed by atoms with Crippen LogP contribution in [0.3, 0.4) is 0 Å². The van der Waals surface area contributed by atoms with Crippen LogP contribution >= 0.6 is 0 Å². The minimum atomic E-state index is -0.175. The standard InChI is InChI=1S/C30H39N3O2/c1-7-8-23(15-19(2)3)29-28(20(4)5)25-16-22(9-10-26(25)31-29)21-11-13-33(14-12-21)30(35)24-17-27(34)32(6)18-24/h7-10,15-16,20-21,24,31H,2,11-14,17-18H2,1,3-6H3/b8-7-,23-15+. The van der Waals surface area contributed by atoms with Crippen molar-refractivity contribution in [3.8, 4) is 0 Å². The molecule has 1 aromatic heterocycles. The zero-order valence-electron chi connectivity index (χ0n) is 21.9. The molecule has 3 heterocycles. The number of aromatic amines is 1. The van der Waals surface area contributed by atoms with Crippen molar-refractivity contribution in [2.45, 2.75) is 58.8 Å². The van der Waals surface area contributed by atoms with Gasteiger partial charge in [-0.2, -0.15) is 0 Å². The molecule has 0 bridgehead atoms. The number of carbonyl (C=O) groups excluding carboxylic acids is 2. The summed E-state index contributed by atoms with van der Waals surface area (Å²) in [5.74, 6) is 0.866. The van der Waals surface area contributed by atoms with E-state index in [-0.39, 0.29) is 17.7 Å². The van der Waals surface area contributed by atoms with Crippen LogP contribution in [0.15, 0.2) is 48.6 Å². The van der Waals surface area contributed by atoms with Crippen molar-refractivity contribution in [2.75, 3.05) is 26.7 Å². The molecule has 1 N–H and O–H groups in total. The number of carbonyl (C=O) groups is 2. The number of hydrogen-bond acceptors (Lipinski definition) is 2. The molecule has 2 aliphatic rings. The number of likely N-dealkylation sites (tertiary alicyclic amines) is 2. The molecule has 5 nitrogen and oxygen atoms in total. The predicted molar refractivity (Wildman–Crippen MR) is 144 cm³/mol. The summed E-state index contributed by atoms with van der Waals surface area (Å²) < 4.78 is 0. The van der Waals surface area contributed by atoms with E-state index in [0.717, 1.165) is 42.6 Å². The van der Waals surface area contributed by atoms with Crippen molar-refractivity contribution in [3.05, 3.63) is 65.4 Å². The minimum Gasteiger partial charge on any atom is -0.354 e. The molecule has 2 aromatic rings. The molecule has 0 spiro atoms. The van der Waals surface area contributed by atoms with Crippen LogP contribution in [-0.4, -0.2) is 53.3 Å². The van der Waals surface area contributed by atoms with Crippen LogP contribution in [0.4, 0.5) is 0 Å². The second-order valence-electron chi connectivity index (χ2n) is 10.6. The second kappa shape index (κ2) is 10.3. The fraction of sp³-hybridized carbons (Fsp3) is 0.467. The maximum absolute atomic E-state index is 13.0. The van der Waals surface area contributed by atoms with E-state index in [1.54, 1.807) is 11.9 Å². The van der Waals surface area contributed by atoms with Crippen LogP contribution in [0.5, 0.6) is 0 Å². The van der Waals surface area contributed by atoms with Gasteiger partial charge in [-0.1, -0.05) is 50.3 Å². The fourth-order valence-corrected chi connectivity index (χ4v) is 5.68. The number of fused-ring (bicyclic) bond motifs is 1. The summed E-state index contributed by atoms with van der Waals surface area (Å²) in [4.78, 5) is 32.2. The van der Waals surface area contributed by atoms with Gasteiger partial charge in [0, 0.05) is 49.7 Å². The first-order valence-corrected chi connectivity index (χ1v) is 12.9. The summed E-state index contributed by atoms with van der Waals surface area (Å²) in [6.45, 7) is 14.7. The van der Waals surface area contributed by atoms with Gasteiger partial charge < -0.3 is 14.8 Å². The Hall–Kier alpha value is -3.08. The number of amides is 2. The molecular weight excluding hydrogens is 434 g/mol. The molecule has 2 aliphatic heterocycles. The molecule has 1 unspecified atom stereocenters. The lowest BCUT2D eigenvalue weighted by Crippen LogP contribution is -2.42. The summed E-state index contributed by atoms with van der Waals surface area (Å²) in [7, 11) is 1.78. The van der Waals surface area contributed by atoms with Crippen LogP contribution in [-0.2, 0) is 9.59 Å². The Balaban J connectivity index is 1.56. The van der Waals surface area contributed by atoms with Crippen molar-refractivity contribution in [2.24, 2.45) is 5.92 Å². The summed E-state index contributed by atoms with van der Waals surface area (Å²) in [5.41, 5.74) is 7.21. The van der Waals surface area contributed by atoms with Crippen molar-refractivity contribution >= 4 is 28.3 Å². The normalized spacial score (nSPS) is 20.1. The number of H-pyrrole nitrogens is 1. The van der Waals surface area contributed by atoms with Gasteiger partial charge in [0.1, 0.15) is 0 Å². The third kappa shape index (κ3) is 5.14. The molecular formula is C30H39N3O2. The Morgan fingerprint density at radius 3 is 2.51 bits per heavy atom. The molecule has 0 aliphatic carbocycles. The molecule has 0 saturated carbocycles. The van der Waals surface area contributed by atoms with Crippen molar-refractivity contribution in [1.29, 1.82) is 0 Å². The molecule has 1 aromatic carbocycles. The Bertz CT molecular complexity index is 1190. The van der Waals surface area contributed by atoms with Crippen LogP contribution < -0.4 is 0 Å². The molecule has 1 atom stereocenters. The number of benzene rings is 1. The lowest BCUT2D eigenvalue weighted by atomic mass is 9.87. The van der Waals surface area contributed by atoms with Gasteiger partial charge in [0.05, 0.1) is 5.92 Å². The summed E-state index contributed by atoms with van der Waals surface area (Å²) in [6.07, 6.45) is 8.64. The molecule has 4 rings (SSSR count). The Kier molecular flexibility index (Phi) is 7.34. The van der Waals surface area contributed by atoms with Gasteiger partial charge in [-0.25, -0.2) is 0 Å². The van der Waals surface area contributed by atoms with Crippen molar-refractivity contribution in [1.82, 2.24) is 14.8 Å². The van der Waals surface area contributed by atoms with Gasteiger partial charge in [-0.05, 0) is 67.4 Å². The van der Waals surface area contributed by atoms with E-state index < -0.39 is 0 Å². The summed E-state index contributed by atoms with van der Waals surface area (Å²) >= 11 is 0. The SMILES string of the molecule is C=C(C)/C=C(\C=C/C)c1[nH]c2ccc(C3CCN(C(=O)C4CC(=O)N(C)C4)CC3)cc2c1C(C)C. The van der Waals surface area contributed by atoms with Crippen LogP contribution in [0.2, 0.25) is 0 Å². The molecule has 5 heteroatoms. The van der Waals surface area contributed by atoms with Gasteiger partial charge in [-0.15, -0.1) is 0 Å². The lowest BCUT2D eigenvalue weighted by Gasteiger charge is -2.33. The van der Waals surface area contributed by atoms with Crippen molar-refractivity contribution in [3.63, 3.8) is 0 Å². The smallest absolute Gasteiger partial charge is 0.227 e. The molecule has 35 heavy (non-hydrogen) atoms. The number of allylic oxidation sites excluding steroid dienone is 5. The van der Waals surface area contributed by atoms with E-state index in [2.05, 4.69) is 61.8 Å². The molecule has 2 saturated heterocycles. The minimum absolute atomic E-state index is 0.0778. The highest BCUT2D eigenvalue weighted by Gasteiger charge is 2.36. The number of nitrogens with one attached hydrogen (secondary N) is 1. The number of piperidine rings is 1. The monoisotopic (exact) mass is 473 g/mol. The van der Waals surface area contributed by atoms with E-state index in [1.807, 2.05) is 18.7 Å². The topological polar surface area (TPSA) is 56.4 Å². The first-order chi connectivity index (χ1) is 16.7. The predicted octanol–water partition coefficient (Wildman–Crippen LogP) is 6.01. The van der Waals surface area contributed by atoms with Gasteiger partial charge in [0.25, 0.3) is 0 Å². The third-order valence-corrected chi connectivity index (χ3v) is 7.45. The van der Waals surface area contributed by atoms with E-state index in [9.17, 15) is 9.59 Å². The van der Waals surface area contributed by atoms with Crippen LogP contribution in [0.1, 0.15) is 75.6 Å². The van der Waals surface area contributed by atoms with Gasteiger partial charge in [0.15, 0.2) is 0 Å². The van der Waals surface area contributed by atoms with E-state index in [0.29, 0.717) is 24.8 Å². The molecule has 186 valence electrons. The number of rotatable bonds is 6. The Morgan fingerprint density at radius 2 is 1.94 bits per heavy atom. The maximum Gasteiger partial charge on any atom is 0.227 e. The Morgan fingerprint density at radius 1 is 1.23 bits per heavy atom. The Labute approximate surface area is 209 Å². The quantitative estimate of drug-likeness (QED) is 0.522. The molecule has 2 amide bonds. The van der Waals surface area contributed by atoms with Crippen molar-refractivity contribution < 1.29 is 9.59 Å². The average Bonchev–Trinajstić information content (AvgIpc) is 3.37. The molecule has 0 radical (unpaired) electrons.